The number of hydrogen-bond donors (Lipinski definition) is 0. The number of carbonyl (C=O) groups is 4. The highest BCUT2D eigenvalue weighted by Gasteiger charge is 2.50. The number of imide groups is 2. The molecule has 200 valence electrons. The van der Waals surface area contributed by atoms with Crippen LogP contribution >= 0.6 is 0 Å². The maximum Gasteiger partial charge on any atom is 0.305 e. The lowest BCUT2D eigenvalue weighted by Crippen LogP contribution is -2.34. The van der Waals surface area contributed by atoms with E-state index in [1.165, 1.54) is 0 Å². The molecule has 2 aliphatic heterocycles. The van der Waals surface area contributed by atoms with E-state index in [1.807, 2.05) is 24.3 Å². The highest BCUT2D eigenvalue weighted by Crippen LogP contribution is 2.39. The van der Waals surface area contributed by atoms with Crippen LogP contribution in [0.25, 0.3) is 10.0 Å². The highest BCUT2D eigenvalue weighted by atomic mass is 16.4. The molecule has 0 saturated carbocycles. The Morgan fingerprint density at radius 2 is 1.03 bits per heavy atom. The summed E-state index contributed by atoms with van der Waals surface area (Å²) in [6.07, 6.45) is 0.500. The Kier molecular flexibility index (Phi) is 7.16. The van der Waals surface area contributed by atoms with Gasteiger partial charge in [0.05, 0.1) is 23.2 Å². The van der Waals surface area contributed by atoms with E-state index in [-0.39, 0.29) is 36.5 Å². The first-order valence-corrected chi connectivity index (χ1v) is 12.5. The SMILES string of the molecule is CC(C)(C#[N+][O-])C1CC(=O)N(c2ccc(Cc3ccc(N4C(=O)CC(C(C)(C)C#[N+][O-])C4=O)cc3)cc2)C1=O. The number of nitrogens with zero attached hydrogens (tertiary/aromatic N) is 4. The van der Waals surface area contributed by atoms with Crippen molar-refractivity contribution < 1.29 is 19.2 Å². The molecule has 10 nitrogen and oxygen atoms in total. The topological polar surface area (TPSA) is 130 Å². The van der Waals surface area contributed by atoms with Gasteiger partial charge in [0.25, 0.3) is 0 Å². The summed E-state index contributed by atoms with van der Waals surface area (Å²) >= 11 is 0. The van der Waals surface area contributed by atoms with Crippen LogP contribution in [0.15, 0.2) is 48.5 Å². The molecule has 0 aliphatic carbocycles. The van der Waals surface area contributed by atoms with Gasteiger partial charge < -0.3 is 10.4 Å². The van der Waals surface area contributed by atoms with Crippen molar-refractivity contribution in [3.05, 3.63) is 80.1 Å². The zero-order valence-corrected chi connectivity index (χ0v) is 22.1. The standard InChI is InChI=1S/C29H28N4O6/c1-28(2,16-30-38)22-14-24(34)32(26(22)36)20-9-5-18(6-10-20)13-19-7-11-21(12-8-19)33-25(35)15-23(27(33)37)29(3,4)17-31-39/h5-12,22-23H,13-15H2,1-4H3. The molecule has 2 saturated heterocycles. The van der Waals surface area contributed by atoms with Crippen molar-refractivity contribution in [1.29, 1.82) is 0 Å². The lowest BCUT2D eigenvalue weighted by atomic mass is 9.79. The van der Waals surface area contributed by atoms with Crippen LogP contribution in [0.2, 0.25) is 0 Å². The van der Waals surface area contributed by atoms with Gasteiger partial charge in [-0.3, -0.25) is 29.0 Å². The van der Waals surface area contributed by atoms with Crippen molar-refractivity contribution >= 4 is 35.0 Å². The average Bonchev–Trinajstić information content (AvgIpc) is 3.35. The molecule has 2 aromatic rings. The van der Waals surface area contributed by atoms with Gasteiger partial charge in [0.2, 0.25) is 23.6 Å². The summed E-state index contributed by atoms with van der Waals surface area (Å²) in [5.41, 5.74) is 0.836. The molecule has 4 rings (SSSR count). The van der Waals surface area contributed by atoms with Crippen LogP contribution in [-0.2, 0) is 25.6 Å². The molecular formula is C29H28N4O6. The van der Waals surface area contributed by atoms with Crippen LogP contribution in [-0.4, -0.2) is 23.6 Å². The van der Waals surface area contributed by atoms with Gasteiger partial charge in [0.15, 0.2) is 0 Å². The van der Waals surface area contributed by atoms with E-state index in [9.17, 15) is 29.6 Å². The molecule has 0 bridgehead atoms. The molecular weight excluding hydrogens is 500 g/mol. The third-order valence-electron chi connectivity index (χ3n) is 7.50. The minimum absolute atomic E-state index is 0.0206. The van der Waals surface area contributed by atoms with Gasteiger partial charge in [-0.2, -0.15) is 0 Å². The smallest absolute Gasteiger partial charge is 0.305 e. The maximum atomic E-state index is 13.0. The summed E-state index contributed by atoms with van der Waals surface area (Å²) in [5, 5.41) is 26.7. The van der Waals surface area contributed by atoms with E-state index >= 15 is 0 Å². The van der Waals surface area contributed by atoms with Crippen LogP contribution in [0.4, 0.5) is 11.4 Å². The lowest BCUT2D eigenvalue weighted by molar-refractivity contribution is -0.124. The number of carbonyl (C=O) groups excluding carboxylic acids is 4. The molecule has 2 aromatic carbocycles. The van der Waals surface area contributed by atoms with Crippen molar-refractivity contribution in [3.63, 3.8) is 0 Å². The van der Waals surface area contributed by atoms with E-state index in [1.54, 1.807) is 52.0 Å². The van der Waals surface area contributed by atoms with Crippen molar-refractivity contribution in [2.24, 2.45) is 22.7 Å². The molecule has 39 heavy (non-hydrogen) atoms. The Morgan fingerprint density at radius 1 is 0.692 bits per heavy atom. The molecule has 0 aromatic heterocycles. The molecule has 2 fully saturated rings. The number of anilines is 2. The van der Waals surface area contributed by atoms with Crippen molar-refractivity contribution in [2.45, 2.75) is 47.0 Å². The molecule has 10 heteroatoms. The number of amides is 4. The number of rotatable bonds is 6. The summed E-state index contributed by atoms with van der Waals surface area (Å²) in [6, 6.07) is 18.8. The maximum absolute atomic E-state index is 13.0. The van der Waals surface area contributed by atoms with Crippen molar-refractivity contribution in [1.82, 2.24) is 0 Å². The molecule has 2 unspecified atom stereocenters. The van der Waals surface area contributed by atoms with Crippen molar-refractivity contribution in [2.75, 3.05) is 9.80 Å². The first-order valence-electron chi connectivity index (χ1n) is 12.5. The Morgan fingerprint density at radius 3 is 1.33 bits per heavy atom. The molecule has 2 heterocycles. The normalized spacial score (nSPS) is 19.6. The Labute approximate surface area is 226 Å². The molecule has 2 atom stereocenters. The third kappa shape index (κ3) is 5.19. The van der Waals surface area contributed by atoms with Gasteiger partial charge in [-0.1, -0.05) is 24.3 Å². The molecule has 0 spiro atoms. The van der Waals surface area contributed by atoms with Crippen LogP contribution in [0, 0.1) is 45.2 Å². The quantitative estimate of drug-likeness (QED) is 0.393. The first-order chi connectivity index (χ1) is 18.4. The van der Waals surface area contributed by atoms with E-state index in [2.05, 4.69) is 22.2 Å². The summed E-state index contributed by atoms with van der Waals surface area (Å²) in [7, 11) is 0. The monoisotopic (exact) mass is 528 g/mol. The highest BCUT2D eigenvalue weighted by molar-refractivity contribution is 6.22. The second kappa shape index (κ2) is 10.2. The summed E-state index contributed by atoms with van der Waals surface area (Å²) in [4.78, 5) is 53.4. The van der Waals surface area contributed by atoms with Gasteiger partial charge in [-0.15, -0.1) is 0 Å². The fourth-order valence-electron chi connectivity index (χ4n) is 5.09. The van der Waals surface area contributed by atoms with E-state index in [0.29, 0.717) is 17.8 Å². The molecule has 2 aliphatic rings. The molecule has 4 amide bonds. The largest absolute Gasteiger partial charge is 0.498 e. The number of benzene rings is 2. The molecule has 0 N–H and O–H groups in total. The van der Waals surface area contributed by atoms with Gasteiger partial charge in [0, 0.05) is 22.9 Å². The van der Waals surface area contributed by atoms with Gasteiger partial charge in [-0.25, -0.2) is 0 Å². The van der Waals surface area contributed by atoms with Crippen LogP contribution in [0.5, 0.6) is 0 Å². The minimum Gasteiger partial charge on any atom is -0.498 e. The Balaban J connectivity index is 1.45. The zero-order valence-electron chi connectivity index (χ0n) is 22.1. The lowest BCUT2D eigenvalue weighted by Gasteiger charge is -2.20. The second-order valence-electron chi connectivity index (χ2n) is 11.0. The second-order valence-corrected chi connectivity index (χ2v) is 11.0. The van der Waals surface area contributed by atoms with Gasteiger partial charge >= 0.3 is 12.1 Å². The zero-order chi connectivity index (χ0) is 28.5. The van der Waals surface area contributed by atoms with E-state index in [0.717, 1.165) is 20.9 Å². The fraction of sp³-hybridized carbons (Fsp3) is 0.379. The first kappa shape index (κ1) is 27.3. The van der Waals surface area contributed by atoms with Crippen molar-refractivity contribution in [3.8, 4) is 12.1 Å². The predicted molar refractivity (Wildman–Crippen MR) is 146 cm³/mol. The summed E-state index contributed by atoms with van der Waals surface area (Å²) < 4.78 is 0. The van der Waals surface area contributed by atoms with Gasteiger partial charge in [-0.05, 0) is 69.5 Å². The van der Waals surface area contributed by atoms with Crippen LogP contribution in [0.3, 0.4) is 0 Å². The predicted octanol–water partition coefficient (Wildman–Crippen LogP) is 4.75. The summed E-state index contributed by atoms with van der Waals surface area (Å²) in [6.45, 7) is 6.61. The fourth-order valence-corrected chi connectivity index (χ4v) is 5.09. The van der Waals surface area contributed by atoms with E-state index < -0.39 is 22.7 Å². The van der Waals surface area contributed by atoms with E-state index in [4.69, 9.17) is 0 Å². The van der Waals surface area contributed by atoms with Crippen LogP contribution in [0.1, 0.15) is 51.7 Å². The average molecular weight is 529 g/mol. The Hall–Kier alpha value is -4.70. The third-order valence-corrected chi connectivity index (χ3v) is 7.50. The molecule has 0 radical (unpaired) electrons. The summed E-state index contributed by atoms with van der Waals surface area (Å²) in [5.74, 6) is -2.89. The minimum atomic E-state index is -0.958. The van der Waals surface area contributed by atoms with Crippen LogP contribution < -0.4 is 9.80 Å². The van der Waals surface area contributed by atoms with Gasteiger partial charge in [0.1, 0.15) is 10.8 Å². The Bertz CT molecular complexity index is 1340. The number of hydrogen-bond acceptors (Lipinski definition) is 6.